The van der Waals surface area contributed by atoms with E-state index in [-0.39, 0.29) is 5.91 Å². The molecular formula is C16H24N2O2. The van der Waals surface area contributed by atoms with E-state index in [9.17, 15) is 4.79 Å². The molecule has 1 saturated heterocycles. The summed E-state index contributed by atoms with van der Waals surface area (Å²) in [4.78, 5) is 14.4. The number of nitrogen functional groups attached to an aromatic ring is 1. The molecule has 1 aromatic carbocycles. The first-order valence-electron chi connectivity index (χ1n) is 7.25. The number of ether oxygens (including phenoxy) is 1. The number of methoxy groups -OCH3 is 1. The average molecular weight is 276 g/mol. The summed E-state index contributed by atoms with van der Waals surface area (Å²) in [5, 5.41) is 0. The molecule has 0 bridgehead atoms. The van der Waals surface area contributed by atoms with E-state index in [4.69, 9.17) is 10.5 Å². The number of piperidine rings is 1. The molecule has 2 rings (SSSR count). The van der Waals surface area contributed by atoms with Crippen LogP contribution in [0.5, 0.6) is 5.75 Å². The van der Waals surface area contributed by atoms with Crippen LogP contribution >= 0.6 is 0 Å². The van der Waals surface area contributed by atoms with Crippen LogP contribution in [0, 0.1) is 11.8 Å². The standard InChI is InChI=1S/C16H24N2O2/c1-11(2)12-6-8-18(9-7-12)16(19)13-4-5-15(20-3)14(17)10-13/h4-5,10-12H,6-9,17H2,1-3H3. The van der Waals surface area contributed by atoms with E-state index in [0.717, 1.165) is 31.8 Å². The SMILES string of the molecule is COc1ccc(C(=O)N2CCC(C(C)C)CC2)cc1N. The Labute approximate surface area is 120 Å². The molecular weight excluding hydrogens is 252 g/mol. The maximum absolute atomic E-state index is 12.5. The van der Waals surface area contributed by atoms with Gasteiger partial charge in [-0.3, -0.25) is 4.79 Å². The molecule has 20 heavy (non-hydrogen) atoms. The van der Waals surface area contributed by atoms with E-state index in [1.54, 1.807) is 25.3 Å². The predicted octanol–water partition coefficient (Wildman–Crippen LogP) is 2.79. The highest BCUT2D eigenvalue weighted by Crippen LogP contribution is 2.27. The molecule has 0 radical (unpaired) electrons. The predicted molar refractivity (Wildman–Crippen MR) is 80.9 cm³/mol. The van der Waals surface area contributed by atoms with Gasteiger partial charge in [-0.05, 0) is 42.9 Å². The molecule has 1 aliphatic rings. The number of rotatable bonds is 3. The van der Waals surface area contributed by atoms with E-state index in [2.05, 4.69) is 13.8 Å². The van der Waals surface area contributed by atoms with Crippen molar-refractivity contribution in [3.05, 3.63) is 23.8 Å². The number of likely N-dealkylation sites (tertiary alicyclic amines) is 1. The molecule has 0 unspecified atom stereocenters. The molecule has 4 heteroatoms. The molecule has 0 aliphatic carbocycles. The highest BCUT2D eigenvalue weighted by molar-refractivity contribution is 5.95. The van der Waals surface area contributed by atoms with E-state index in [1.165, 1.54) is 0 Å². The van der Waals surface area contributed by atoms with Crippen molar-refractivity contribution in [3.8, 4) is 5.75 Å². The van der Waals surface area contributed by atoms with Crippen molar-refractivity contribution >= 4 is 11.6 Å². The normalized spacial score (nSPS) is 16.5. The number of amides is 1. The molecule has 0 saturated carbocycles. The first kappa shape index (κ1) is 14.7. The van der Waals surface area contributed by atoms with Gasteiger partial charge in [0.15, 0.2) is 0 Å². The number of anilines is 1. The average Bonchev–Trinajstić information content (AvgIpc) is 2.46. The number of nitrogens with zero attached hydrogens (tertiary/aromatic N) is 1. The largest absolute Gasteiger partial charge is 0.495 e. The van der Waals surface area contributed by atoms with Crippen molar-refractivity contribution in [2.75, 3.05) is 25.9 Å². The van der Waals surface area contributed by atoms with E-state index in [0.29, 0.717) is 22.9 Å². The van der Waals surface area contributed by atoms with Gasteiger partial charge in [0.2, 0.25) is 0 Å². The molecule has 0 atom stereocenters. The van der Waals surface area contributed by atoms with Gasteiger partial charge in [0, 0.05) is 18.7 Å². The van der Waals surface area contributed by atoms with Crippen molar-refractivity contribution in [1.29, 1.82) is 0 Å². The first-order valence-corrected chi connectivity index (χ1v) is 7.25. The lowest BCUT2D eigenvalue weighted by Crippen LogP contribution is -2.39. The summed E-state index contributed by atoms with van der Waals surface area (Å²) in [5.41, 5.74) is 7.02. The van der Waals surface area contributed by atoms with Gasteiger partial charge in [0.25, 0.3) is 5.91 Å². The van der Waals surface area contributed by atoms with Crippen LogP contribution < -0.4 is 10.5 Å². The number of nitrogens with two attached hydrogens (primary N) is 1. The molecule has 0 aromatic heterocycles. The monoisotopic (exact) mass is 276 g/mol. The molecule has 0 spiro atoms. The van der Waals surface area contributed by atoms with Crippen molar-refractivity contribution in [2.45, 2.75) is 26.7 Å². The third-order valence-corrected chi connectivity index (χ3v) is 4.25. The first-order chi connectivity index (χ1) is 9.52. The molecule has 4 nitrogen and oxygen atoms in total. The Morgan fingerprint density at radius 2 is 2.00 bits per heavy atom. The van der Waals surface area contributed by atoms with Crippen LogP contribution in [0.2, 0.25) is 0 Å². The summed E-state index contributed by atoms with van der Waals surface area (Å²) in [7, 11) is 1.57. The van der Waals surface area contributed by atoms with Gasteiger partial charge in [-0.2, -0.15) is 0 Å². The highest BCUT2D eigenvalue weighted by atomic mass is 16.5. The fourth-order valence-electron chi connectivity index (χ4n) is 2.82. The summed E-state index contributed by atoms with van der Waals surface area (Å²) >= 11 is 0. The lowest BCUT2D eigenvalue weighted by atomic mass is 9.86. The summed E-state index contributed by atoms with van der Waals surface area (Å²) in [6, 6.07) is 5.24. The minimum atomic E-state index is 0.0709. The maximum atomic E-state index is 12.5. The summed E-state index contributed by atoms with van der Waals surface area (Å²) in [5.74, 6) is 2.12. The van der Waals surface area contributed by atoms with Crippen LogP contribution in [-0.2, 0) is 0 Å². The lowest BCUT2D eigenvalue weighted by Gasteiger charge is -2.34. The van der Waals surface area contributed by atoms with Crippen LogP contribution in [0.3, 0.4) is 0 Å². The van der Waals surface area contributed by atoms with Gasteiger partial charge in [-0.15, -0.1) is 0 Å². The van der Waals surface area contributed by atoms with Gasteiger partial charge >= 0.3 is 0 Å². The second-order valence-corrected chi connectivity index (χ2v) is 5.83. The Bertz CT molecular complexity index is 477. The van der Waals surface area contributed by atoms with Gasteiger partial charge in [0.1, 0.15) is 5.75 Å². The van der Waals surface area contributed by atoms with Crippen molar-refractivity contribution in [1.82, 2.24) is 4.90 Å². The Kier molecular flexibility index (Phi) is 4.53. The molecule has 1 amide bonds. The number of benzene rings is 1. The third-order valence-electron chi connectivity index (χ3n) is 4.25. The Morgan fingerprint density at radius 1 is 1.35 bits per heavy atom. The van der Waals surface area contributed by atoms with Gasteiger partial charge < -0.3 is 15.4 Å². The number of carbonyl (C=O) groups excluding carboxylic acids is 1. The third kappa shape index (κ3) is 3.06. The smallest absolute Gasteiger partial charge is 0.253 e. The van der Waals surface area contributed by atoms with Crippen LogP contribution in [0.25, 0.3) is 0 Å². The Hall–Kier alpha value is -1.71. The zero-order valence-corrected chi connectivity index (χ0v) is 12.6. The lowest BCUT2D eigenvalue weighted by molar-refractivity contribution is 0.0668. The molecule has 1 heterocycles. The topological polar surface area (TPSA) is 55.6 Å². The zero-order chi connectivity index (χ0) is 14.7. The Balaban J connectivity index is 2.04. The molecule has 1 aromatic rings. The number of hydrogen-bond acceptors (Lipinski definition) is 3. The van der Waals surface area contributed by atoms with E-state index >= 15 is 0 Å². The molecule has 2 N–H and O–H groups in total. The van der Waals surface area contributed by atoms with Crippen LogP contribution in [0.1, 0.15) is 37.0 Å². The van der Waals surface area contributed by atoms with Crippen molar-refractivity contribution in [3.63, 3.8) is 0 Å². The quantitative estimate of drug-likeness (QED) is 0.864. The van der Waals surface area contributed by atoms with Crippen LogP contribution in [0.4, 0.5) is 5.69 Å². The van der Waals surface area contributed by atoms with Crippen molar-refractivity contribution in [2.24, 2.45) is 11.8 Å². The van der Waals surface area contributed by atoms with E-state index < -0.39 is 0 Å². The number of hydrogen-bond donors (Lipinski definition) is 1. The second kappa shape index (κ2) is 6.16. The minimum absolute atomic E-state index is 0.0709. The van der Waals surface area contributed by atoms with Crippen LogP contribution in [-0.4, -0.2) is 31.0 Å². The fourth-order valence-corrected chi connectivity index (χ4v) is 2.82. The zero-order valence-electron chi connectivity index (χ0n) is 12.6. The Morgan fingerprint density at radius 3 is 2.50 bits per heavy atom. The van der Waals surface area contributed by atoms with Gasteiger partial charge in [-0.25, -0.2) is 0 Å². The summed E-state index contributed by atoms with van der Waals surface area (Å²) < 4.78 is 5.12. The summed E-state index contributed by atoms with van der Waals surface area (Å²) in [6.45, 7) is 6.19. The summed E-state index contributed by atoms with van der Waals surface area (Å²) in [6.07, 6.45) is 2.18. The van der Waals surface area contributed by atoms with Gasteiger partial charge in [-0.1, -0.05) is 13.8 Å². The second-order valence-electron chi connectivity index (χ2n) is 5.83. The fraction of sp³-hybridized carbons (Fsp3) is 0.562. The van der Waals surface area contributed by atoms with Crippen LogP contribution in [0.15, 0.2) is 18.2 Å². The highest BCUT2D eigenvalue weighted by Gasteiger charge is 2.25. The molecule has 1 fully saturated rings. The maximum Gasteiger partial charge on any atom is 0.253 e. The molecule has 110 valence electrons. The molecule has 1 aliphatic heterocycles. The van der Waals surface area contributed by atoms with Crippen molar-refractivity contribution < 1.29 is 9.53 Å². The van der Waals surface area contributed by atoms with E-state index in [1.807, 2.05) is 4.90 Å². The minimum Gasteiger partial charge on any atom is -0.495 e. The van der Waals surface area contributed by atoms with Gasteiger partial charge in [0.05, 0.1) is 12.8 Å². The number of carbonyl (C=O) groups is 1.